The molecule has 0 N–H and O–H groups in total. The largest absolute Gasteiger partial charge is 0.376 e. The van der Waals surface area contributed by atoms with E-state index < -0.39 is 0 Å². The van der Waals surface area contributed by atoms with E-state index in [-0.39, 0.29) is 23.6 Å². The van der Waals surface area contributed by atoms with Crippen molar-refractivity contribution in [3.05, 3.63) is 52.8 Å². The van der Waals surface area contributed by atoms with Crippen molar-refractivity contribution in [3.63, 3.8) is 0 Å². The van der Waals surface area contributed by atoms with E-state index in [1.807, 2.05) is 18.2 Å². The number of rotatable bonds is 6. The molecule has 4 rings (SSSR count). The second-order valence-corrected chi connectivity index (χ2v) is 9.46. The van der Waals surface area contributed by atoms with E-state index in [0.29, 0.717) is 11.7 Å². The van der Waals surface area contributed by atoms with Crippen molar-refractivity contribution in [2.75, 3.05) is 23.8 Å². The maximum absolute atomic E-state index is 13.1. The van der Waals surface area contributed by atoms with Gasteiger partial charge in [0.15, 0.2) is 5.13 Å². The standard InChI is InChI=1S/C20H18BrFN2O2S2/c21-13-3-8-17-18(10-13)28-20(23-17)24(11-15-2-1-9-26-15)19(25)12-27-16-6-4-14(22)5-7-16/h3-8,10,15H,1-2,9,11-12H2. The van der Waals surface area contributed by atoms with Crippen LogP contribution in [0.4, 0.5) is 9.52 Å². The molecule has 1 fully saturated rings. The second-order valence-electron chi connectivity index (χ2n) is 6.49. The molecule has 4 nitrogen and oxygen atoms in total. The minimum Gasteiger partial charge on any atom is -0.376 e. The number of ether oxygens (including phenoxy) is 1. The summed E-state index contributed by atoms with van der Waals surface area (Å²) in [5.74, 6) is -0.0444. The molecule has 146 valence electrons. The van der Waals surface area contributed by atoms with Crippen LogP contribution in [0.3, 0.4) is 0 Å². The number of thioether (sulfide) groups is 1. The van der Waals surface area contributed by atoms with Crippen LogP contribution in [0.2, 0.25) is 0 Å². The Morgan fingerprint density at radius 1 is 1.32 bits per heavy atom. The lowest BCUT2D eigenvalue weighted by atomic mass is 10.2. The highest BCUT2D eigenvalue weighted by Gasteiger charge is 2.26. The first-order chi connectivity index (χ1) is 13.6. The number of benzene rings is 2. The summed E-state index contributed by atoms with van der Waals surface area (Å²) in [6, 6.07) is 12.1. The average molecular weight is 481 g/mol. The summed E-state index contributed by atoms with van der Waals surface area (Å²) in [5.41, 5.74) is 0.875. The molecule has 1 unspecified atom stereocenters. The minimum absolute atomic E-state index is 0.0250. The molecule has 1 atom stereocenters. The number of carbonyl (C=O) groups excluding carboxylic acids is 1. The fraction of sp³-hybridized carbons (Fsp3) is 0.300. The zero-order valence-corrected chi connectivity index (χ0v) is 18.2. The monoisotopic (exact) mass is 480 g/mol. The molecule has 0 radical (unpaired) electrons. The molecule has 1 saturated heterocycles. The molecule has 0 spiro atoms. The fourth-order valence-electron chi connectivity index (χ4n) is 3.03. The van der Waals surface area contributed by atoms with Crippen LogP contribution in [-0.2, 0) is 9.53 Å². The molecule has 2 aromatic carbocycles. The zero-order chi connectivity index (χ0) is 19.5. The van der Waals surface area contributed by atoms with Gasteiger partial charge in [0.05, 0.1) is 28.6 Å². The van der Waals surface area contributed by atoms with Gasteiger partial charge in [-0.3, -0.25) is 9.69 Å². The van der Waals surface area contributed by atoms with Crippen LogP contribution in [0.25, 0.3) is 10.2 Å². The third-order valence-electron chi connectivity index (χ3n) is 4.46. The summed E-state index contributed by atoms with van der Waals surface area (Å²) < 4.78 is 20.8. The van der Waals surface area contributed by atoms with E-state index in [1.54, 1.807) is 17.0 Å². The van der Waals surface area contributed by atoms with Crippen LogP contribution >= 0.6 is 39.0 Å². The molecule has 28 heavy (non-hydrogen) atoms. The number of halogens is 2. The lowest BCUT2D eigenvalue weighted by Gasteiger charge is -2.23. The highest BCUT2D eigenvalue weighted by atomic mass is 79.9. The van der Waals surface area contributed by atoms with Crippen molar-refractivity contribution in [2.45, 2.75) is 23.8 Å². The van der Waals surface area contributed by atoms with Gasteiger partial charge in [0.25, 0.3) is 0 Å². The number of amides is 1. The maximum atomic E-state index is 13.1. The van der Waals surface area contributed by atoms with Gasteiger partial charge in [-0.2, -0.15) is 0 Å². The Kier molecular flexibility index (Phi) is 6.30. The number of aromatic nitrogens is 1. The van der Waals surface area contributed by atoms with Crippen molar-refractivity contribution in [3.8, 4) is 0 Å². The number of carbonyl (C=O) groups is 1. The van der Waals surface area contributed by atoms with Crippen LogP contribution in [0.1, 0.15) is 12.8 Å². The second kappa shape index (κ2) is 8.90. The van der Waals surface area contributed by atoms with Gasteiger partial charge in [-0.25, -0.2) is 9.37 Å². The Morgan fingerprint density at radius 2 is 2.14 bits per heavy atom. The Labute approximate surface area is 179 Å². The van der Waals surface area contributed by atoms with Gasteiger partial charge in [0.2, 0.25) is 5.91 Å². The predicted molar refractivity (Wildman–Crippen MR) is 116 cm³/mol. The van der Waals surface area contributed by atoms with E-state index in [4.69, 9.17) is 4.74 Å². The third kappa shape index (κ3) is 4.74. The Hall–Kier alpha value is -1.48. The van der Waals surface area contributed by atoms with Gasteiger partial charge < -0.3 is 4.74 Å². The van der Waals surface area contributed by atoms with Crippen LogP contribution in [0, 0.1) is 5.82 Å². The summed E-state index contributed by atoms with van der Waals surface area (Å²) in [7, 11) is 0. The van der Waals surface area contributed by atoms with Gasteiger partial charge in [0.1, 0.15) is 5.82 Å². The Morgan fingerprint density at radius 3 is 2.89 bits per heavy atom. The number of thiazole rings is 1. The van der Waals surface area contributed by atoms with E-state index in [9.17, 15) is 9.18 Å². The molecule has 0 saturated carbocycles. The summed E-state index contributed by atoms with van der Waals surface area (Å²) >= 11 is 6.39. The van der Waals surface area contributed by atoms with Gasteiger partial charge in [0, 0.05) is 16.0 Å². The topological polar surface area (TPSA) is 42.4 Å². The number of fused-ring (bicyclic) bond motifs is 1. The summed E-state index contributed by atoms with van der Waals surface area (Å²) in [6.45, 7) is 1.24. The van der Waals surface area contributed by atoms with E-state index in [0.717, 1.165) is 39.0 Å². The molecule has 3 aromatic rings. The molecule has 1 aliphatic rings. The first kappa shape index (κ1) is 19.8. The molecule has 1 aromatic heterocycles. The van der Waals surface area contributed by atoms with Gasteiger partial charge in [-0.05, 0) is 55.3 Å². The van der Waals surface area contributed by atoms with Crippen molar-refractivity contribution < 1.29 is 13.9 Å². The van der Waals surface area contributed by atoms with Crippen LogP contribution < -0.4 is 4.90 Å². The highest BCUT2D eigenvalue weighted by Crippen LogP contribution is 2.32. The van der Waals surface area contributed by atoms with Crippen molar-refractivity contribution >= 4 is 60.3 Å². The van der Waals surface area contributed by atoms with Crippen molar-refractivity contribution in [1.82, 2.24) is 4.98 Å². The SMILES string of the molecule is O=C(CSc1ccc(F)cc1)N(CC1CCCO1)c1nc2ccc(Br)cc2s1. The number of hydrogen-bond donors (Lipinski definition) is 0. The highest BCUT2D eigenvalue weighted by molar-refractivity contribution is 9.10. The molecule has 0 aliphatic carbocycles. The molecule has 2 heterocycles. The molecule has 1 amide bonds. The first-order valence-corrected chi connectivity index (χ1v) is 11.5. The molecule has 8 heteroatoms. The van der Waals surface area contributed by atoms with Crippen molar-refractivity contribution in [2.24, 2.45) is 0 Å². The van der Waals surface area contributed by atoms with Crippen LogP contribution in [0.15, 0.2) is 51.8 Å². The number of anilines is 1. The fourth-order valence-corrected chi connectivity index (χ4v) is 5.35. The van der Waals surface area contributed by atoms with Crippen LogP contribution in [-0.4, -0.2) is 35.9 Å². The minimum atomic E-state index is -0.281. The summed E-state index contributed by atoms with van der Waals surface area (Å²) in [5, 5.41) is 0.688. The molecular formula is C20H18BrFN2O2S2. The van der Waals surface area contributed by atoms with Crippen LogP contribution in [0.5, 0.6) is 0 Å². The summed E-state index contributed by atoms with van der Waals surface area (Å²) in [4.78, 5) is 20.3. The normalized spacial score (nSPS) is 16.6. The molecule has 1 aliphatic heterocycles. The first-order valence-electron chi connectivity index (χ1n) is 8.95. The zero-order valence-electron chi connectivity index (χ0n) is 14.9. The Bertz CT molecular complexity index is 974. The lowest BCUT2D eigenvalue weighted by Crippen LogP contribution is -2.38. The number of hydrogen-bond acceptors (Lipinski definition) is 5. The van der Waals surface area contributed by atoms with E-state index in [1.165, 1.54) is 35.2 Å². The maximum Gasteiger partial charge on any atom is 0.239 e. The van der Waals surface area contributed by atoms with Gasteiger partial charge in [-0.15, -0.1) is 11.8 Å². The van der Waals surface area contributed by atoms with Crippen molar-refractivity contribution in [1.29, 1.82) is 0 Å². The predicted octanol–water partition coefficient (Wildman–Crippen LogP) is 5.50. The van der Waals surface area contributed by atoms with Gasteiger partial charge >= 0.3 is 0 Å². The summed E-state index contributed by atoms with van der Waals surface area (Å²) in [6.07, 6.45) is 2.01. The van der Waals surface area contributed by atoms with E-state index >= 15 is 0 Å². The average Bonchev–Trinajstić information content (AvgIpc) is 3.34. The molecular weight excluding hydrogens is 463 g/mol. The third-order valence-corrected chi connectivity index (χ3v) is 6.99. The van der Waals surface area contributed by atoms with E-state index in [2.05, 4.69) is 20.9 Å². The lowest BCUT2D eigenvalue weighted by molar-refractivity contribution is -0.116. The van der Waals surface area contributed by atoms with Gasteiger partial charge in [-0.1, -0.05) is 27.3 Å². The number of nitrogens with zero attached hydrogens (tertiary/aromatic N) is 2. The quantitative estimate of drug-likeness (QED) is 0.436. The Balaban J connectivity index is 1.54. The molecule has 0 bridgehead atoms. The smallest absolute Gasteiger partial charge is 0.239 e.